The average Bonchev–Trinajstić information content (AvgIpc) is 3.45. The molecule has 3 aromatic rings. The van der Waals surface area contributed by atoms with Crippen molar-refractivity contribution in [2.45, 2.75) is 62.7 Å². The van der Waals surface area contributed by atoms with Crippen LogP contribution in [0.4, 0.5) is 0 Å². The van der Waals surface area contributed by atoms with Crippen molar-refractivity contribution in [3.05, 3.63) is 65.7 Å². The van der Waals surface area contributed by atoms with E-state index in [2.05, 4.69) is 0 Å². The lowest BCUT2D eigenvalue weighted by molar-refractivity contribution is -0.138. The molecular formula is C33H38O10S. The summed E-state index contributed by atoms with van der Waals surface area (Å²) >= 11 is 0. The van der Waals surface area contributed by atoms with Gasteiger partial charge in [0.15, 0.2) is 21.3 Å². The van der Waals surface area contributed by atoms with Gasteiger partial charge in [0.05, 0.1) is 18.1 Å². The van der Waals surface area contributed by atoms with Crippen LogP contribution in [0.1, 0.15) is 56.1 Å². The first-order chi connectivity index (χ1) is 21.1. The Morgan fingerprint density at radius 2 is 1.52 bits per heavy atom. The lowest BCUT2D eigenvalue weighted by Gasteiger charge is -2.15. The first-order valence-electron chi connectivity index (χ1n) is 14.7. The van der Waals surface area contributed by atoms with Crippen LogP contribution >= 0.6 is 0 Å². The van der Waals surface area contributed by atoms with E-state index in [9.17, 15) is 23.1 Å². The minimum Gasteiger partial charge on any atom is -0.494 e. The number of hydrogen-bond acceptors (Lipinski definition) is 8. The second kappa shape index (κ2) is 15.5. The fraction of sp³-hybridized carbons (Fsp3) is 0.394. The normalized spacial score (nSPS) is 12.2. The van der Waals surface area contributed by atoms with Crippen LogP contribution in [0.3, 0.4) is 0 Å². The molecule has 1 aliphatic rings. The van der Waals surface area contributed by atoms with Crippen molar-refractivity contribution in [2.75, 3.05) is 26.3 Å². The SMILES string of the molecule is CS(=O)(=O)c1cc(OCCCCCCc2cccc(OCCCC(=O)O)c2CCC(=O)O)cc(-c2ccc3c(c2)OCO3)c1. The van der Waals surface area contributed by atoms with Crippen LogP contribution < -0.4 is 18.9 Å². The van der Waals surface area contributed by atoms with E-state index in [1.807, 2.05) is 30.3 Å². The van der Waals surface area contributed by atoms with Crippen molar-refractivity contribution >= 4 is 21.8 Å². The summed E-state index contributed by atoms with van der Waals surface area (Å²) in [5, 5.41) is 18.1. The molecule has 0 bridgehead atoms. The lowest BCUT2D eigenvalue weighted by Crippen LogP contribution is -2.07. The predicted molar refractivity (Wildman–Crippen MR) is 164 cm³/mol. The van der Waals surface area contributed by atoms with E-state index in [0.29, 0.717) is 48.0 Å². The molecule has 0 aliphatic carbocycles. The summed E-state index contributed by atoms with van der Waals surface area (Å²) in [6, 6.07) is 16.1. The molecule has 1 aliphatic heterocycles. The molecule has 236 valence electrons. The van der Waals surface area contributed by atoms with Crippen molar-refractivity contribution in [3.63, 3.8) is 0 Å². The van der Waals surface area contributed by atoms with Crippen LogP contribution in [0.25, 0.3) is 11.1 Å². The molecule has 0 amide bonds. The van der Waals surface area contributed by atoms with Crippen LogP contribution in [-0.4, -0.2) is 56.8 Å². The maximum absolute atomic E-state index is 12.4. The number of sulfone groups is 1. The zero-order chi connectivity index (χ0) is 31.5. The summed E-state index contributed by atoms with van der Waals surface area (Å²) in [7, 11) is -3.46. The van der Waals surface area contributed by atoms with Crippen molar-refractivity contribution in [1.82, 2.24) is 0 Å². The Kier molecular flexibility index (Phi) is 11.5. The van der Waals surface area contributed by atoms with Gasteiger partial charge in [0, 0.05) is 19.1 Å². The molecule has 1 heterocycles. The molecule has 10 nitrogen and oxygen atoms in total. The van der Waals surface area contributed by atoms with E-state index in [1.54, 1.807) is 24.3 Å². The Bertz CT molecular complexity index is 1560. The first-order valence-corrected chi connectivity index (χ1v) is 16.5. The second-order valence-electron chi connectivity index (χ2n) is 10.7. The van der Waals surface area contributed by atoms with Gasteiger partial charge < -0.3 is 29.2 Å². The number of carbonyl (C=O) groups is 2. The third kappa shape index (κ3) is 9.63. The number of carboxylic acids is 2. The lowest BCUT2D eigenvalue weighted by atomic mass is 9.97. The molecule has 0 spiro atoms. The van der Waals surface area contributed by atoms with E-state index >= 15 is 0 Å². The molecule has 0 saturated heterocycles. The molecule has 0 unspecified atom stereocenters. The maximum atomic E-state index is 12.4. The quantitative estimate of drug-likeness (QED) is 0.163. The summed E-state index contributed by atoms with van der Waals surface area (Å²) in [5.41, 5.74) is 3.39. The first kappa shape index (κ1) is 32.7. The van der Waals surface area contributed by atoms with Crippen LogP contribution in [0, 0.1) is 0 Å². The Morgan fingerprint density at radius 1 is 0.773 bits per heavy atom. The van der Waals surface area contributed by atoms with E-state index in [4.69, 9.17) is 24.1 Å². The Hall–Kier alpha value is -4.25. The minimum absolute atomic E-state index is 0.0120. The molecule has 11 heteroatoms. The second-order valence-corrected chi connectivity index (χ2v) is 12.7. The number of rotatable bonds is 18. The minimum atomic E-state index is -3.46. The Labute approximate surface area is 257 Å². The molecule has 0 fully saturated rings. The molecule has 44 heavy (non-hydrogen) atoms. The van der Waals surface area contributed by atoms with Gasteiger partial charge in [-0.15, -0.1) is 0 Å². The summed E-state index contributed by atoms with van der Waals surface area (Å²) in [4.78, 5) is 22.2. The summed E-state index contributed by atoms with van der Waals surface area (Å²) < 4.78 is 47.4. The van der Waals surface area contributed by atoms with Crippen LogP contribution in [-0.2, 0) is 32.3 Å². The molecule has 3 aromatic carbocycles. The summed E-state index contributed by atoms with van der Waals surface area (Å²) in [6.07, 6.45) is 6.14. The van der Waals surface area contributed by atoms with Crippen LogP contribution in [0.15, 0.2) is 59.5 Å². The fourth-order valence-electron chi connectivity index (χ4n) is 4.97. The van der Waals surface area contributed by atoms with Crippen molar-refractivity contribution in [2.24, 2.45) is 0 Å². The van der Waals surface area contributed by atoms with Crippen molar-refractivity contribution in [3.8, 4) is 34.1 Å². The number of carboxylic acid groups (broad SMARTS) is 2. The number of aliphatic carboxylic acids is 2. The van der Waals surface area contributed by atoms with Gasteiger partial charge in [0.2, 0.25) is 6.79 Å². The number of ether oxygens (including phenoxy) is 4. The van der Waals surface area contributed by atoms with Gasteiger partial charge in [0.25, 0.3) is 0 Å². The maximum Gasteiger partial charge on any atom is 0.303 e. The Morgan fingerprint density at radius 3 is 2.30 bits per heavy atom. The number of unbranched alkanes of at least 4 members (excludes halogenated alkanes) is 3. The third-order valence-corrected chi connectivity index (χ3v) is 8.33. The summed E-state index contributed by atoms with van der Waals surface area (Å²) in [5.74, 6) is 0.575. The molecule has 0 radical (unpaired) electrons. The van der Waals surface area contributed by atoms with Gasteiger partial charge in [0.1, 0.15) is 11.5 Å². The van der Waals surface area contributed by atoms with Crippen LogP contribution in [0.5, 0.6) is 23.0 Å². The number of fused-ring (bicyclic) bond motifs is 1. The topological polar surface area (TPSA) is 146 Å². The van der Waals surface area contributed by atoms with Gasteiger partial charge in [-0.25, -0.2) is 8.42 Å². The molecule has 0 aromatic heterocycles. The van der Waals surface area contributed by atoms with Crippen molar-refractivity contribution in [1.29, 1.82) is 0 Å². The monoisotopic (exact) mass is 626 g/mol. The fourth-order valence-corrected chi connectivity index (χ4v) is 5.65. The highest BCUT2D eigenvalue weighted by Gasteiger charge is 2.17. The Balaban J connectivity index is 1.30. The van der Waals surface area contributed by atoms with E-state index in [-0.39, 0.29) is 31.1 Å². The summed E-state index contributed by atoms with van der Waals surface area (Å²) in [6.45, 7) is 0.831. The highest BCUT2D eigenvalue weighted by Crippen LogP contribution is 2.37. The van der Waals surface area contributed by atoms with Gasteiger partial charge in [-0.05, 0) is 90.8 Å². The largest absolute Gasteiger partial charge is 0.494 e. The zero-order valence-electron chi connectivity index (χ0n) is 24.8. The molecule has 0 saturated carbocycles. The predicted octanol–water partition coefficient (Wildman–Crippen LogP) is 5.93. The number of aryl methyl sites for hydroxylation is 1. The molecule has 2 N–H and O–H groups in total. The highest BCUT2D eigenvalue weighted by molar-refractivity contribution is 7.90. The zero-order valence-corrected chi connectivity index (χ0v) is 25.6. The van der Waals surface area contributed by atoms with Gasteiger partial charge in [-0.1, -0.05) is 31.0 Å². The van der Waals surface area contributed by atoms with E-state index in [0.717, 1.165) is 48.8 Å². The van der Waals surface area contributed by atoms with E-state index in [1.165, 1.54) is 6.26 Å². The van der Waals surface area contributed by atoms with Gasteiger partial charge in [-0.2, -0.15) is 0 Å². The number of benzene rings is 3. The van der Waals surface area contributed by atoms with Crippen molar-refractivity contribution < 1.29 is 47.2 Å². The van der Waals surface area contributed by atoms with E-state index < -0.39 is 21.8 Å². The van der Waals surface area contributed by atoms with Crippen LogP contribution in [0.2, 0.25) is 0 Å². The molecular weight excluding hydrogens is 588 g/mol. The highest BCUT2D eigenvalue weighted by atomic mass is 32.2. The molecule has 4 rings (SSSR count). The van der Waals surface area contributed by atoms with Gasteiger partial charge >= 0.3 is 11.9 Å². The number of hydrogen-bond donors (Lipinski definition) is 2. The standard InChI is InChI=1S/C33H38O10S/c1-44(38,39)27-19-25(24-12-14-30-31(20-24)43-22-42-30)18-26(21-27)40-16-5-3-2-4-8-23-9-6-10-29(28(23)13-15-33(36)37)41-17-7-11-32(34)35/h6,9-10,12,14,18-21H,2-5,7-8,11,13,15-17,22H2,1H3,(H,34,35)(H,36,37). The third-order valence-electron chi connectivity index (χ3n) is 7.23. The molecule has 0 atom stereocenters. The average molecular weight is 627 g/mol. The van der Waals surface area contributed by atoms with Gasteiger partial charge in [-0.3, -0.25) is 9.59 Å². The smallest absolute Gasteiger partial charge is 0.303 e.